The number of rotatable bonds is 6. The van der Waals surface area contributed by atoms with Crippen molar-refractivity contribution in [3.8, 4) is 0 Å². The lowest BCUT2D eigenvalue weighted by Gasteiger charge is -2.02. The average Bonchev–Trinajstić information content (AvgIpc) is 2.19. The minimum atomic E-state index is 0.648. The van der Waals surface area contributed by atoms with Crippen molar-refractivity contribution in [2.75, 3.05) is 0 Å². The van der Waals surface area contributed by atoms with Gasteiger partial charge in [-0.25, -0.2) is 0 Å². The van der Waals surface area contributed by atoms with Crippen LogP contribution in [-0.4, -0.2) is 0 Å². The van der Waals surface area contributed by atoms with E-state index < -0.39 is 0 Å². The molecule has 0 aromatic rings. The monoisotopic (exact) mass is 218 g/mol. The van der Waals surface area contributed by atoms with E-state index in [1.807, 2.05) is 50.3 Å². The second-order valence-corrected chi connectivity index (χ2v) is 4.25. The van der Waals surface area contributed by atoms with E-state index in [0.29, 0.717) is 8.58 Å². The van der Waals surface area contributed by atoms with Gasteiger partial charge < -0.3 is 0 Å². The third-order valence-electron chi connectivity index (χ3n) is 1.58. The maximum atomic E-state index is 3.72. The van der Waals surface area contributed by atoms with E-state index in [9.17, 15) is 0 Å². The van der Waals surface area contributed by atoms with Gasteiger partial charge >= 0.3 is 0 Å². The fraction of sp³-hybridized carbons (Fsp3) is 0.143. The van der Waals surface area contributed by atoms with Crippen LogP contribution in [0.3, 0.4) is 0 Å². The fourth-order valence-electron chi connectivity index (χ4n) is 1.06. The molecule has 80 valence electrons. The molecule has 0 saturated carbocycles. The van der Waals surface area contributed by atoms with Gasteiger partial charge in [0.25, 0.3) is 0 Å². The minimum absolute atomic E-state index is 0.648. The molecule has 0 aliphatic heterocycles. The summed E-state index contributed by atoms with van der Waals surface area (Å²) in [6.07, 6.45) is 16.0. The molecule has 0 heterocycles. The summed E-state index contributed by atoms with van der Waals surface area (Å²) in [7, 11) is 0.648. The highest BCUT2D eigenvalue weighted by Gasteiger charge is 1.94. The van der Waals surface area contributed by atoms with Crippen LogP contribution in [0, 0.1) is 0 Å². The third kappa shape index (κ3) is 6.88. The van der Waals surface area contributed by atoms with E-state index in [0.717, 1.165) is 0 Å². The molecular weight excluding hydrogens is 199 g/mol. The Morgan fingerprint density at radius 3 is 1.53 bits per heavy atom. The zero-order valence-corrected chi connectivity index (χ0v) is 10.5. The Morgan fingerprint density at radius 1 is 0.867 bits per heavy atom. The van der Waals surface area contributed by atoms with Gasteiger partial charge in [0, 0.05) is 0 Å². The molecule has 0 radical (unpaired) electrons. The summed E-state index contributed by atoms with van der Waals surface area (Å²) >= 11 is 0. The molecule has 0 unspecified atom stereocenters. The lowest BCUT2D eigenvalue weighted by Crippen LogP contribution is -1.70. The summed E-state index contributed by atoms with van der Waals surface area (Å²) in [5, 5.41) is 2.55. The molecule has 0 nitrogen and oxygen atoms in total. The number of hydrogen-bond acceptors (Lipinski definition) is 0. The van der Waals surface area contributed by atoms with Crippen LogP contribution in [0.15, 0.2) is 72.4 Å². The zero-order chi connectivity index (χ0) is 11.5. The van der Waals surface area contributed by atoms with Crippen molar-refractivity contribution in [3.05, 3.63) is 72.4 Å². The largest absolute Gasteiger partial charge is 0.0990 e. The summed E-state index contributed by atoms with van der Waals surface area (Å²) < 4.78 is 0. The molecule has 0 aromatic carbocycles. The molecule has 0 N–H and O–H groups in total. The van der Waals surface area contributed by atoms with E-state index >= 15 is 0 Å². The Hall–Kier alpha value is -1.13. The van der Waals surface area contributed by atoms with Crippen molar-refractivity contribution in [2.45, 2.75) is 13.8 Å². The smallest absolute Gasteiger partial charge is 0.0230 e. The summed E-state index contributed by atoms with van der Waals surface area (Å²) in [6, 6.07) is 0. The van der Waals surface area contributed by atoms with Crippen LogP contribution in [-0.2, 0) is 0 Å². The van der Waals surface area contributed by atoms with Crippen molar-refractivity contribution < 1.29 is 0 Å². The van der Waals surface area contributed by atoms with Crippen molar-refractivity contribution in [1.29, 1.82) is 0 Å². The van der Waals surface area contributed by atoms with Gasteiger partial charge in [-0.1, -0.05) is 70.3 Å². The molecule has 1 heteroatoms. The Balaban J connectivity index is 4.76. The van der Waals surface area contributed by atoms with Gasteiger partial charge in [-0.15, -0.1) is 0 Å². The Labute approximate surface area is 95.3 Å². The van der Waals surface area contributed by atoms with Crippen molar-refractivity contribution in [1.82, 2.24) is 0 Å². The van der Waals surface area contributed by atoms with E-state index in [-0.39, 0.29) is 0 Å². The van der Waals surface area contributed by atoms with Gasteiger partial charge in [-0.3, -0.25) is 0 Å². The molecule has 0 bridgehead atoms. The summed E-state index contributed by atoms with van der Waals surface area (Å²) in [5.74, 6) is 0. The molecule has 0 aromatic heterocycles. The molecule has 0 saturated heterocycles. The van der Waals surface area contributed by atoms with Crippen molar-refractivity contribution >= 4 is 8.58 Å². The maximum Gasteiger partial charge on any atom is -0.0230 e. The number of allylic oxidation sites excluding steroid dienone is 10. The van der Waals surface area contributed by atoms with E-state index in [4.69, 9.17) is 0 Å². The summed E-state index contributed by atoms with van der Waals surface area (Å²) in [5.41, 5.74) is 0. The molecule has 0 fully saturated rings. The van der Waals surface area contributed by atoms with Crippen LogP contribution in [0.2, 0.25) is 0 Å². The molecule has 0 aliphatic rings. The normalized spacial score (nSPS) is 14.5. The van der Waals surface area contributed by atoms with Gasteiger partial charge in [0.1, 0.15) is 0 Å². The average molecular weight is 218 g/mol. The molecular formula is C14H19P. The predicted molar refractivity (Wildman–Crippen MR) is 74.5 cm³/mol. The number of hydrogen-bond donors (Lipinski definition) is 0. The van der Waals surface area contributed by atoms with Crippen molar-refractivity contribution in [3.63, 3.8) is 0 Å². The van der Waals surface area contributed by atoms with Gasteiger partial charge in [-0.2, -0.15) is 0 Å². The third-order valence-corrected chi connectivity index (χ3v) is 2.82. The lowest BCUT2D eigenvalue weighted by molar-refractivity contribution is 1.69. The van der Waals surface area contributed by atoms with Gasteiger partial charge in [0.05, 0.1) is 0 Å². The first kappa shape index (κ1) is 13.9. The summed E-state index contributed by atoms with van der Waals surface area (Å²) in [6.45, 7) is 11.5. The van der Waals surface area contributed by atoms with Crippen molar-refractivity contribution in [2.24, 2.45) is 0 Å². The van der Waals surface area contributed by atoms with E-state index in [2.05, 4.69) is 25.3 Å². The first-order valence-electron chi connectivity index (χ1n) is 4.96. The van der Waals surface area contributed by atoms with Crippen LogP contribution in [0.5, 0.6) is 0 Å². The highest BCUT2D eigenvalue weighted by molar-refractivity contribution is 7.48. The van der Waals surface area contributed by atoms with Crippen LogP contribution in [0.25, 0.3) is 0 Å². The van der Waals surface area contributed by atoms with E-state index in [1.54, 1.807) is 0 Å². The fourth-order valence-corrected chi connectivity index (χ4v) is 2.29. The first-order valence-corrected chi connectivity index (χ1v) is 5.96. The van der Waals surface area contributed by atoms with Crippen LogP contribution >= 0.6 is 8.58 Å². The van der Waals surface area contributed by atoms with Gasteiger partial charge in [-0.05, 0) is 24.5 Å². The van der Waals surface area contributed by atoms with Crippen LogP contribution in [0.4, 0.5) is 0 Å². The lowest BCUT2D eigenvalue weighted by atomic mass is 10.4. The standard InChI is InChI=1S/C14H19P/c1-5-9-13(10-6-2)15-14(11-7-3)12-8-4/h5-12,15H,1,3H2,2,4H3/b10-6-,12-8-,13-9+,14-11+. The second-order valence-electron chi connectivity index (χ2n) is 2.84. The molecule has 0 rings (SSSR count). The molecule has 15 heavy (non-hydrogen) atoms. The topological polar surface area (TPSA) is 0 Å². The Kier molecular flexibility index (Phi) is 8.72. The highest BCUT2D eigenvalue weighted by atomic mass is 31.1. The van der Waals surface area contributed by atoms with Crippen LogP contribution in [0.1, 0.15) is 13.8 Å². The summed E-state index contributed by atoms with van der Waals surface area (Å²) in [4.78, 5) is 0. The zero-order valence-electron chi connectivity index (χ0n) is 9.53. The SMILES string of the molecule is C=C/C=C(\C=C/C)PC(/C=C\C)=C/C=C. The molecule has 0 amide bonds. The highest BCUT2D eigenvalue weighted by Crippen LogP contribution is 2.34. The van der Waals surface area contributed by atoms with Gasteiger partial charge in [0.15, 0.2) is 0 Å². The Bertz CT molecular complexity index is 282. The molecule has 0 aliphatic carbocycles. The van der Waals surface area contributed by atoms with Gasteiger partial charge in [0.2, 0.25) is 0 Å². The quantitative estimate of drug-likeness (QED) is 0.436. The van der Waals surface area contributed by atoms with E-state index in [1.165, 1.54) is 10.6 Å². The molecule has 0 atom stereocenters. The predicted octanol–water partition coefficient (Wildman–Crippen LogP) is 4.96. The Morgan fingerprint density at radius 2 is 1.27 bits per heavy atom. The second kappa shape index (κ2) is 9.43. The minimum Gasteiger partial charge on any atom is -0.0990 e. The first-order chi connectivity index (χ1) is 7.28. The maximum absolute atomic E-state index is 3.72. The molecule has 0 spiro atoms. The van der Waals surface area contributed by atoms with Crippen LogP contribution < -0.4 is 0 Å².